The summed E-state index contributed by atoms with van der Waals surface area (Å²) in [6.07, 6.45) is 0.956. The van der Waals surface area contributed by atoms with Crippen LogP contribution in [-0.4, -0.2) is 18.3 Å². The largest absolute Gasteiger partial charge is 0.484 e. The molecule has 114 valence electrons. The van der Waals surface area contributed by atoms with Gasteiger partial charge in [-0.15, -0.1) is 11.8 Å². The first-order valence-electron chi connectivity index (χ1n) is 7.43. The molecule has 1 atom stereocenters. The second kappa shape index (κ2) is 6.88. The Labute approximate surface area is 135 Å². The Morgan fingerprint density at radius 1 is 1.23 bits per heavy atom. The van der Waals surface area contributed by atoms with E-state index in [1.807, 2.05) is 55.1 Å². The maximum absolute atomic E-state index is 12.2. The van der Waals surface area contributed by atoms with E-state index < -0.39 is 0 Å². The number of carbonyl (C=O) groups excluding carboxylic acids is 1. The minimum Gasteiger partial charge on any atom is -0.484 e. The predicted octanol–water partition coefficient (Wildman–Crippen LogP) is 3.73. The lowest BCUT2D eigenvalue weighted by Gasteiger charge is -2.25. The molecule has 1 amide bonds. The van der Waals surface area contributed by atoms with Crippen LogP contribution in [0.4, 0.5) is 0 Å². The molecule has 0 aliphatic carbocycles. The van der Waals surface area contributed by atoms with Gasteiger partial charge in [-0.05, 0) is 36.6 Å². The van der Waals surface area contributed by atoms with Crippen LogP contribution in [0.1, 0.15) is 23.6 Å². The van der Waals surface area contributed by atoms with E-state index in [1.165, 1.54) is 10.5 Å². The van der Waals surface area contributed by atoms with Gasteiger partial charge in [0, 0.05) is 10.6 Å². The average Bonchev–Trinajstić information content (AvgIpc) is 2.54. The highest BCUT2D eigenvalue weighted by Crippen LogP contribution is 2.35. The summed E-state index contributed by atoms with van der Waals surface area (Å²) in [7, 11) is 0. The summed E-state index contributed by atoms with van der Waals surface area (Å²) in [6.45, 7) is 2.03. The summed E-state index contributed by atoms with van der Waals surface area (Å²) in [4.78, 5) is 13.4. The fraction of sp³-hybridized carbons (Fsp3) is 0.278. The number of hydrogen-bond donors (Lipinski definition) is 1. The van der Waals surface area contributed by atoms with Crippen LogP contribution in [-0.2, 0) is 4.79 Å². The quantitative estimate of drug-likeness (QED) is 0.935. The van der Waals surface area contributed by atoms with Crippen LogP contribution in [0, 0.1) is 6.92 Å². The van der Waals surface area contributed by atoms with E-state index in [9.17, 15) is 4.79 Å². The zero-order valence-corrected chi connectivity index (χ0v) is 13.4. The van der Waals surface area contributed by atoms with Gasteiger partial charge < -0.3 is 10.1 Å². The van der Waals surface area contributed by atoms with Gasteiger partial charge in [0.15, 0.2) is 6.61 Å². The number of thioether (sulfide) groups is 1. The molecule has 0 aromatic heterocycles. The SMILES string of the molecule is Cc1ccccc1OCC(=O)NC1CCSc2ccccc21. The van der Waals surface area contributed by atoms with Crippen LogP contribution in [0.5, 0.6) is 5.75 Å². The summed E-state index contributed by atoms with van der Waals surface area (Å²) >= 11 is 1.85. The summed E-state index contributed by atoms with van der Waals surface area (Å²) in [5.74, 6) is 1.72. The normalized spacial score (nSPS) is 16.7. The summed E-state index contributed by atoms with van der Waals surface area (Å²) < 4.78 is 5.61. The first-order chi connectivity index (χ1) is 10.7. The van der Waals surface area contributed by atoms with Crippen molar-refractivity contribution in [1.82, 2.24) is 5.32 Å². The molecule has 3 nitrogen and oxygen atoms in total. The summed E-state index contributed by atoms with van der Waals surface area (Å²) in [5.41, 5.74) is 2.25. The number of benzene rings is 2. The van der Waals surface area contributed by atoms with Gasteiger partial charge in [-0.2, -0.15) is 0 Å². The van der Waals surface area contributed by atoms with E-state index in [2.05, 4.69) is 17.4 Å². The minimum atomic E-state index is -0.0741. The Morgan fingerprint density at radius 3 is 2.86 bits per heavy atom. The number of ether oxygens (including phenoxy) is 1. The van der Waals surface area contributed by atoms with Crippen molar-refractivity contribution in [3.05, 3.63) is 59.7 Å². The number of fused-ring (bicyclic) bond motifs is 1. The fourth-order valence-electron chi connectivity index (χ4n) is 2.59. The molecule has 2 aromatic rings. The maximum atomic E-state index is 12.2. The molecule has 3 rings (SSSR count). The van der Waals surface area contributed by atoms with Gasteiger partial charge >= 0.3 is 0 Å². The van der Waals surface area contributed by atoms with Crippen LogP contribution in [0.3, 0.4) is 0 Å². The Bertz CT molecular complexity index is 672. The molecule has 0 spiro atoms. The molecule has 2 aromatic carbocycles. The second-order valence-corrected chi connectivity index (χ2v) is 6.49. The lowest BCUT2D eigenvalue weighted by atomic mass is 10.0. The van der Waals surface area contributed by atoms with E-state index in [1.54, 1.807) is 0 Å². The van der Waals surface area contributed by atoms with Gasteiger partial charge in [0.2, 0.25) is 0 Å². The standard InChI is InChI=1S/C18H19NO2S/c1-13-6-2-4-8-16(13)21-12-18(20)19-15-10-11-22-17-9-5-3-7-14(15)17/h2-9,15H,10-12H2,1H3,(H,19,20). The molecule has 1 aliphatic heterocycles. The summed E-state index contributed by atoms with van der Waals surface area (Å²) in [6, 6.07) is 16.1. The molecule has 1 heterocycles. The highest BCUT2D eigenvalue weighted by molar-refractivity contribution is 7.99. The number of aryl methyl sites for hydroxylation is 1. The average molecular weight is 313 g/mol. The fourth-order valence-corrected chi connectivity index (χ4v) is 3.71. The minimum absolute atomic E-state index is 0.0522. The van der Waals surface area contributed by atoms with Gasteiger partial charge in [-0.1, -0.05) is 36.4 Å². The maximum Gasteiger partial charge on any atom is 0.258 e. The molecule has 0 saturated carbocycles. The zero-order chi connectivity index (χ0) is 15.4. The molecule has 1 N–H and O–H groups in total. The van der Waals surface area contributed by atoms with E-state index in [0.29, 0.717) is 0 Å². The van der Waals surface area contributed by atoms with Crippen molar-refractivity contribution in [1.29, 1.82) is 0 Å². The molecule has 0 bridgehead atoms. The molecule has 0 fully saturated rings. The van der Waals surface area contributed by atoms with Crippen molar-refractivity contribution in [3.63, 3.8) is 0 Å². The van der Waals surface area contributed by atoms with Crippen molar-refractivity contribution in [2.45, 2.75) is 24.3 Å². The predicted molar refractivity (Wildman–Crippen MR) is 89.3 cm³/mol. The van der Waals surface area contributed by atoms with E-state index in [0.717, 1.165) is 23.5 Å². The highest BCUT2D eigenvalue weighted by Gasteiger charge is 2.21. The number of para-hydroxylation sites is 1. The van der Waals surface area contributed by atoms with Crippen LogP contribution >= 0.6 is 11.8 Å². The van der Waals surface area contributed by atoms with Gasteiger partial charge in [0.05, 0.1) is 6.04 Å². The van der Waals surface area contributed by atoms with Crippen molar-refractivity contribution < 1.29 is 9.53 Å². The van der Waals surface area contributed by atoms with Crippen LogP contribution in [0.15, 0.2) is 53.4 Å². The Balaban J connectivity index is 1.60. The molecule has 1 aliphatic rings. The highest BCUT2D eigenvalue weighted by atomic mass is 32.2. The monoisotopic (exact) mass is 313 g/mol. The van der Waals surface area contributed by atoms with Gasteiger partial charge in [0.25, 0.3) is 5.91 Å². The van der Waals surface area contributed by atoms with E-state index >= 15 is 0 Å². The lowest BCUT2D eigenvalue weighted by Crippen LogP contribution is -2.34. The molecule has 0 saturated heterocycles. The van der Waals surface area contributed by atoms with Gasteiger partial charge in [-0.25, -0.2) is 0 Å². The van der Waals surface area contributed by atoms with E-state index in [4.69, 9.17) is 4.74 Å². The molecule has 1 unspecified atom stereocenters. The Morgan fingerprint density at radius 2 is 2.00 bits per heavy atom. The topological polar surface area (TPSA) is 38.3 Å². The van der Waals surface area contributed by atoms with Crippen molar-refractivity contribution in [2.75, 3.05) is 12.4 Å². The van der Waals surface area contributed by atoms with Crippen LogP contribution in [0.2, 0.25) is 0 Å². The number of hydrogen-bond acceptors (Lipinski definition) is 3. The third-order valence-corrected chi connectivity index (χ3v) is 4.87. The molecule has 4 heteroatoms. The van der Waals surface area contributed by atoms with Crippen LogP contribution < -0.4 is 10.1 Å². The number of nitrogens with one attached hydrogen (secondary N) is 1. The smallest absolute Gasteiger partial charge is 0.258 e. The number of rotatable bonds is 4. The zero-order valence-electron chi connectivity index (χ0n) is 12.5. The third-order valence-electron chi connectivity index (χ3n) is 3.75. The Kier molecular flexibility index (Phi) is 4.68. The molecule has 22 heavy (non-hydrogen) atoms. The van der Waals surface area contributed by atoms with Crippen LogP contribution in [0.25, 0.3) is 0 Å². The van der Waals surface area contributed by atoms with Crippen molar-refractivity contribution >= 4 is 17.7 Å². The van der Waals surface area contributed by atoms with Gasteiger partial charge in [0.1, 0.15) is 5.75 Å². The van der Waals surface area contributed by atoms with E-state index in [-0.39, 0.29) is 18.6 Å². The molecular weight excluding hydrogens is 294 g/mol. The first-order valence-corrected chi connectivity index (χ1v) is 8.42. The molecule has 0 radical (unpaired) electrons. The van der Waals surface area contributed by atoms with Crippen molar-refractivity contribution in [2.24, 2.45) is 0 Å². The summed E-state index contributed by atoms with van der Waals surface area (Å²) in [5, 5.41) is 3.09. The third kappa shape index (κ3) is 3.45. The second-order valence-electron chi connectivity index (χ2n) is 5.35. The van der Waals surface area contributed by atoms with Crippen molar-refractivity contribution in [3.8, 4) is 5.75 Å². The molecular formula is C18H19NO2S. The van der Waals surface area contributed by atoms with Gasteiger partial charge in [-0.3, -0.25) is 4.79 Å². The Hall–Kier alpha value is -1.94. The first kappa shape index (κ1) is 15.0. The number of carbonyl (C=O) groups is 1. The number of amides is 1. The lowest BCUT2D eigenvalue weighted by molar-refractivity contribution is -0.123.